The Morgan fingerprint density at radius 1 is 1.33 bits per heavy atom. The van der Waals surface area contributed by atoms with Crippen LogP contribution in [0.1, 0.15) is 10.6 Å². The number of nitrogens with zero attached hydrogens (tertiary/aromatic N) is 2. The highest BCUT2D eigenvalue weighted by atomic mass is 32.1. The molecule has 7 heteroatoms. The van der Waals surface area contributed by atoms with Crippen LogP contribution in [0.2, 0.25) is 0 Å². The predicted molar refractivity (Wildman–Crippen MR) is 75.0 cm³/mol. The van der Waals surface area contributed by atoms with Gasteiger partial charge < -0.3 is 4.90 Å². The van der Waals surface area contributed by atoms with Gasteiger partial charge in [0.05, 0.1) is 17.7 Å². The molecule has 0 aliphatic rings. The second-order valence-corrected chi connectivity index (χ2v) is 5.61. The topological polar surface area (TPSA) is 33.2 Å². The van der Waals surface area contributed by atoms with Gasteiger partial charge in [0, 0.05) is 25.0 Å². The van der Waals surface area contributed by atoms with E-state index < -0.39 is 11.7 Å². The molecule has 2 aromatic rings. The fourth-order valence-electron chi connectivity index (χ4n) is 1.67. The molecule has 0 aliphatic carbocycles. The SMILES string of the molecule is CN(C)C(=O)Cc1nc(-c2cccc(C(F)(F)F)c2)cs1. The summed E-state index contributed by atoms with van der Waals surface area (Å²) in [4.78, 5) is 17.3. The molecule has 1 aromatic carbocycles. The minimum absolute atomic E-state index is 0.0973. The van der Waals surface area contributed by atoms with Crippen molar-refractivity contribution < 1.29 is 18.0 Å². The van der Waals surface area contributed by atoms with Gasteiger partial charge in [0.15, 0.2) is 0 Å². The number of amides is 1. The van der Waals surface area contributed by atoms with Crippen LogP contribution < -0.4 is 0 Å². The highest BCUT2D eigenvalue weighted by Crippen LogP contribution is 2.32. The molecule has 0 N–H and O–H groups in total. The number of aromatic nitrogens is 1. The van der Waals surface area contributed by atoms with E-state index in [1.54, 1.807) is 25.5 Å². The van der Waals surface area contributed by atoms with Crippen LogP contribution in [0.4, 0.5) is 13.2 Å². The van der Waals surface area contributed by atoms with E-state index in [4.69, 9.17) is 0 Å². The summed E-state index contributed by atoms with van der Waals surface area (Å²) >= 11 is 1.26. The van der Waals surface area contributed by atoms with E-state index in [2.05, 4.69) is 4.98 Å². The van der Waals surface area contributed by atoms with Crippen LogP contribution in [0.5, 0.6) is 0 Å². The third-order valence-corrected chi connectivity index (χ3v) is 3.69. The lowest BCUT2D eigenvalue weighted by atomic mass is 10.1. The lowest BCUT2D eigenvalue weighted by Crippen LogP contribution is -2.23. The second kappa shape index (κ2) is 5.85. The lowest BCUT2D eigenvalue weighted by molar-refractivity contribution is -0.137. The number of likely N-dealkylation sites (N-methyl/N-ethyl adjacent to an activating group) is 1. The molecule has 0 bridgehead atoms. The van der Waals surface area contributed by atoms with Gasteiger partial charge in [-0.3, -0.25) is 4.79 Å². The van der Waals surface area contributed by atoms with Gasteiger partial charge in [0.25, 0.3) is 0 Å². The molecule has 3 nitrogen and oxygen atoms in total. The Bertz CT molecular complexity index is 650. The first-order valence-corrected chi connectivity index (χ1v) is 6.97. The number of hydrogen-bond donors (Lipinski definition) is 0. The van der Waals surface area contributed by atoms with Gasteiger partial charge in [-0.15, -0.1) is 11.3 Å². The van der Waals surface area contributed by atoms with Gasteiger partial charge in [-0.2, -0.15) is 13.2 Å². The summed E-state index contributed by atoms with van der Waals surface area (Å²) in [7, 11) is 3.29. The number of halogens is 3. The summed E-state index contributed by atoms with van der Waals surface area (Å²) in [6, 6.07) is 5.00. The number of carbonyl (C=O) groups excluding carboxylic acids is 1. The number of rotatable bonds is 3. The number of benzene rings is 1. The van der Waals surface area contributed by atoms with Crippen molar-refractivity contribution in [2.24, 2.45) is 0 Å². The van der Waals surface area contributed by atoms with E-state index in [1.165, 1.54) is 22.3 Å². The second-order valence-electron chi connectivity index (χ2n) is 4.67. The molecule has 0 fully saturated rings. The molecular weight excluding hydrogens is 301 g/mol. The van der Waals surface area contributed by atoms with Crippen molar-refractivity contribution in [3.05, 3.63) is 40.2 Å². The van der Waals surface area contributed by atoms with Crippen molar-refractivity contribution in [3.63, 3.8) is 0 Å². The van der Waals surface area contributed by atoms with Crippen LogP contribution in [-0.2, 0) is 17.4 Å². The molecule has 0 saturated heterocycles. The van der Waals surface area contributed by atoms with Gasteiger partial charge in [0.1, 0.15) is 5.01 Å². The minimum Gasteiger partial charge on any atom is -0.348 e. The molecule has 2 rings (SSSR count). The molecule has 0 saturated carbocycles. The molecule has 21 heavy (non-hydrogen) atoms. The standard InChI is InChI=1S/C14H13F3N2OS/c1-19(2)13(20)7-12-18-11(8-21-12)9-4-3-5-10(6-9)14(15,16)17/h3-6,8H,7H2,1-2H3. The van der Waals surface area contributed by atoms with E-state index >= 15 is 0 Å². The van der Waals surface area contributed by atoms with Crippen LogP contribution in [0, 0.1) is 0 Å². The van der Waals surface area contributed by atoms with Gasteiger partial charge >= 0.3 is 6.18 Å². The zero-order valence-electron chi connectivity index (χ0n) is 11.4. The number of thiazole rings is 1. The van der Waals surface area contributed by atoms with Crippen molar-refractivity contribution in [3.8, 4) is 11.3 Å². The molecule has 1 aromatic heterocycles. The molecule has 112 valence electrons. The first kappa shape index (κ1) is 15.5. The zero-order valence-corrected chi connectivity index (χ0v) is 12.3. The van der Waals surface area contributed by atoms with Gasteiger partial charge in [-0.05, 0) is 12.1 Å². The molecule has 0 aliphatic heterocycles. The smallest absolute Gasteiger partial charge is 0.348 e. The van der Waals surface area contributed by atoms with E-state index in [9.17, 15) is 18.0 Å². The van der Waals surface area contributed by atoms with Crippen LogP contribution in [-0.4, -0.2) is 29.9 Å². The summed E-state index contributed by atoms with van der Waals surface area (Å²) in [5, 5.41) is 2.24. The Labute approximate surface area is 124 Å². The monoisotopic (exact) mass is 314 g/mol. The Kier molecular flexibility index (Phi) is 4.32. The Morgan fingerprint density at radius 2 is 2.05 bits per heavy atom. The van der Waals surface area contributed by atoms with Crippen LogP contribution >= 0.6 is 11.3 Å². The first-order valence-electron chi connectivity index (χ1n) is 6.09. The fraction of sp³-hybridized carbons (Fsp3) is 0.286. The van der Waals surface area contributed by atoms with Gasteiger partial charge in [0.2, 0.25) is 5.91 Å². The predicted octanol–water partition coefficient (Wildman–Crippen LogP) is 3.46. The summed E-state index contributed by atoms with van der Waals surface area (Å²) < 4.78 is 38.0. The molecule has 0 unspecified atom stereocenters. The Hall–Kier alpha value is -1.89. The average molecular weight is 314 g/mol. The van der Waals surface area contributed by atoms with Crippen molar-refractivity contribution in [1.82, 2.24) is 9.88 Å². The molecule has 0 atom stereocenters. The van der Waals surface area contributed by atoms with Crippen molar-refractivity contribution in [2.45, 2.75) is 12.6 Å². The number of carbonyl (C=O) groups is 1. The molecule has 0 radical (unpaired) electrons. The molecule has 0 spiro atoms. The number of hydrogen-bond acceptors (Lipinski definition) is 3. The van der Waals surface area contributed by atoms with E-state index in [0.717, 1.165) is 12.1 Å². The maximum absolute atomic E-state index is 12.7. The average Bonchev–Trinajstić information content (AvgIpc) is 2.86. The maximum Gasteiger partial charge on any atom is 0.416 e. The molecular formula is C14H13F3N2OS. The fourth-order valence-corrected chi connectivity index (χ4v) is 2.46. The largest absolute Gasteiger partial charge is 0.416 e. The van der Waals surface area contributed by atoms with Crippen LogP contribution in [0.15, 0.2) is 29.6 Å². The quantitative estimate of drug-likeness (QED) is 0.869. The summed E-state index contributed by atoms with van der Waals surface area (Å²) in [6.45, 7) is 0. The third-order valence-electron chi connectivity index (χ3n) is 2.84. The first-order chi connectivity index (χ1) is 9.77. The normalized spacial score (nSPS) is 11.5. The van der Waals surface area contributed by atoms with Crippen molar-refractivity contribution >= 4 is 17.2 Å². The summed E-state index contributed by atoms with van der Waals surface area (Å²) in [5.74, 6) is -0.0973. The van der Waals surface area contributed by atoms with E-state index in [-0.39, 0.29) is 12.3 Å². The highest BCUT2D eigenvalue weighted by molar-refractivity contribution is 7.10. The van der Waals surface area contributed by atoms with Crippen molar-refractivity contribution in [2.75, 3.05) is 14.1 Å². The minimum atomic E-state index is -4.38. The van der Waals surface area contributed by atoms with Crippen LogP contribution in [0.3, 0.4) is 0 Å². The van der Waals surface area contributed by atoms with Crippen LogP contribution in [0.25, 0.3) is 11.3 Å². The summed E-state index contributed by atoms with van der Waals surface area (Å²) in [6.07, 6.45) is -4.23. The van der Waals surface area contributed by atoms with Crippen molar-refractivity contribution in [1.29, 1.82) is 0 Å². The van der Waals surface area contributed by atoms with Gasteiger partial charge in [-0.1, -0.05) is 12.1 Å². The highest BCUT2D eigenvalue weighted by Gasteiger charge is 2.30. The number of alkyl halides is 3. The maximum atomic E-state index is 12.7. The van der Waals surface area contributed by atoms with Gasteiger partial charge in [-0.25, -0.2) is 4.98 Å². The molecule has 1 heterocycles. The third kappa shape index (κ3) is 3.81. The van der Waals surface area contributed by atoms with E-state index in [1.807, 2.05) is 0 Å². The van der Waals surface area contributed by atoms with E-state index in [0.29, 0.717) is 16.3 Å². The Morgan fingerprint density at radius 3 is 2.67 bits per heavy atom. The molecule has 1 amide bonds. The lowest BCUT2D eigenvalue weighted by Gasteiger charge is -2.08. The zero-order chi connectivity index (χ0) is 15.6. The Balaban J connectivity index is 2.24. The summed E-state index contributed by atoms with van der Waals surface area (Å²) in [5.41, 5.74) is 0.135.